The largest absolute Gasteiger partial charge is 0.465 e. The van der Waals surface area contributed by atoms with E-state index >= 15 is 0 Å². The van der Waals surface area contributed by atoms with Gasteiger partial charge in [-0.3, -0.25) is 9.59 Å². The molecule has 3 amide bonds. The maximum absolute atomic E-state index is 13.3. The van der Waals surface area contributed by atoms with Gasteiger partial charge in [0, 0.05) is 30.2 Å². The first kappa shape index (κ1) is 24.5. The number of fused-ring (bicyclic) bond motifs is 1. The second-order valence-electron chi connectivity index (χ2n) is 9.72. The molecular formula is C27H30N6O4. The van der Waals surface area contributed by atoms with Gasteiger partial charge in [0.2, 0.25) is 5.91 Å². The van der Waals surface area contributed by atoms with Crippen LogP contribution in [0.5, 0.6) is 0 Å². The number of amides is 3. The van der Waals surface area contributed by atoms with Crippen LogP contribution in [0.25, 0.3) is 22.2 Å². The van der Waals surface area contributed by atoms with Crippen LogP contribution in [0.2, 0.25) is 0 Å². The molecular weight excluding hydrogens is 472 g/mol. The number of benzene rings is 1. The molecule has 3 heterocycles. The van der Waals surface area contributed by atoms with Crippen LogP contribution in [-0.2, 0) is 4.79 Å². The maximum atomic E-state index is 13.3. The zero-order valence-corrected chi connectivity index (χ0v) is 20.4. The molecule has 0 spiro atoms. The Bertz CT molecular complexity index is 1300. The minimum atomic E-state index is -0.981. The van der Waals surface area contributed by atoms with Crippen molar-refractivity contribution in [1.29, 1.82) is 0 Å². The van der Waals surface area contributed by atoms with Crippen molar-refractivity contribution in [3.8, 4) is 11.3 Å². The number of carboxylic acid groups (broad SMARTS) is 1. The summed E-state index contributed by atoms with van der Waals surface area (Å²) in [5, 5.41) is 18.0. The van der Waals surface area contributed by atoms with Crippen molar-refractivity contribution in [3.05, 3.63) is 54.2 Å². The lowest BCUT2D eigenvalue weighted by Crippen LogP contribution is -2.34. The molecule has 10 heteroatoms. The van der Waals surface area contributed by atoms with Gasteiger partial charge >= 0.3 is 6.09 Å². The van der Waals surface area contributed by atoms with E-state index in [1.807, 2.05) is 47.4 Å². The Kier molecular flexibility index (Phi) is 7.16. The van der Waals surface area contributed by atoms with Crippen molar-refractivity contribution in [1.82, 2.24) is 25.9 Å². The lowest BCUT2D eigenvalue weighted by Gasteiger charge is -2.28. The summed E-state index contributed by atoms with van der Waals surface area (Å²) in [6, 6.07) is 13.2. The van der Waals surface area contributed by atoms with Crippen molar-refractivity contribution >= 4 is 34.6 Å². The SMILES string of the molecule is O=C(O)NCC1CCC(CNC(=O)c2cc(-c3ccc(N4CNC(=O)C4)nc3)nc3ccccc23)CC1. The number of para-hydroxylation sites is 1. The molecule has 1 saturated heterocycles. The number of carbonyl (C=O) groups excluding carboxylic acids is 2. The van der Waals surface area contributed by atoms with Crippen molar-refractivity contribution in [2.75, 3.05) is 31.2 Å². The minimum Gasteiger partial charge on any atom is -0.465 e. The van der Waals surface area contributed by atoms with E-state index in [0.29, 0.717) is 48.7 Å². The van der Waals surface area contributed by atoms with Crippen molar-refractivity contribution < 1.29 is 19.5 Å². The number of aromatic nitrogens is 2. The first-order valence-electron chi connectivity index (χ1n) is 12.6. The predicted octanol–water partition coefficient (Wildman–Crippen LogP) is 2.99. The Balaban J connectivity index is 1.28. The van der Waals surface area contributed by atoms with Crippen LogP contribution in [0.1, 0.15) is 36.0 Å². The molecule has 1 aliphatic heterocycles. The van der Waals surface area contributed by atoms with Crippen LogP contribution in [0.15, 0.2) is 48.7 Å². The summed E-state index contributed by atoms with van der Waals surface area (Å²) < 4.78 is 0. The van der Waals surface area contributed by atoms with Crippen LogP contribution in [0.3, 0.4) is 0 Å². The van der Waals surface area contributed by atoms with E-state index in [1.165, 1.54) is 0 Å². The Morgan fingerprint density at radius 3 is 2.41 bits per heavy atom. The molecule has 1 aliphatic carbocycles. The number of anilines is 1. The average Bonchev–Trinajstić information content (AvgIpc) is 3.36. The standard InChI is InChI=1S/C27H30N6O4/c34-25-15-33(16-31-25)24-10-9-19(14-28-24)23-11-21(20-3-1-2-4-22(20)32-23)26(35)29-12-17-5-7-18(8-6-17)13-30-27(36)37/h1-4,9-11,14,17-18,30H,5-8,12-13,15-16H2,(H,29,35)(H,31,34)(H,36,37). The van der Waals surface area contributed by atoms with Gasteiger partial charge in [0.15, 0.2) is 0 Å². The number of nitrogens with one attached hydrogen (secondary N) is 3. The van der Waals surface area contributed by atoms with Gasteiger partial charge in [-0.1, -0.05) is 18.2 Å². The van der Waals surface area contributed by atoms with E-state index in [1.54, 1.807) is 6.20 Å². The van der Waals surface area contributed by atoms with E-state index in [0.717, 1.165) is 42.1 Å². The van der Waals surface area contributed by atoms with Crippen LogP contribution >= 0.6 is 0 Å². The zero-order chi connectivity index (χ0) is 25.8. The smallest absolute Gasteiger partial charge is 0.404 e. The van der Waals surface area contributed by atoms with Gasteiger partial charge in [-0.05, 0) is 61.8 Å². The lowest BCUT2D eigenvalue weighted by molar-refractivity contribution is -0.118. The molecule has 3 aromatic rings. The first-order valence-corrected chi connectivity index (χ1v) is 12.6. The van der Waals surface area contributed by atoms with Gasteiger partial charge in [-0.2, -0.15) is 0 Å². The molecule has 192 valence electrons. The second kappa shape index (κ2) is 10.8. The topological polar surface area (TPSA) is 137 Å². The third kappa shape index (κ3) is 5.79. The molecule has 1 aromatic carbocycles. The van der Waals surface area contributed by atoms with Gasteiger partial charge in [0.1, 0.15) is 12.4 Å². The van der Waals surface area contributed by atoms with E-state index in [2.05, 4.69) is 20.9 Å². The fourth-order valence-corrected chi connectivity index (χ4v) is 5.07. The fourth-order valence-electron chi connectivity index (χ4n) is 5.07. The Morgan fingerprint density at radius 2 is 1.76 bits per heavy atom. The highest BCUT2D eigenvalue weighted by molar-refractivity contribution is 6.07. The molecule has 2 fully saturated rings. The normalized spacial score (nSPS) is 19.5. The highest BCUT2D eigenvalue weighted by atomic mass is 16.4. The summed E-state index contributed by atoms with van der Waals surface area (Å²) in [5.41, 5.74) is 2.74. The maximum Gasteiger partial charge on any atom is 0.404 e. The molecule has 10 nitrogen and oxygen atoms in total. The summed E-state index contributed by atoms with van der Waals surface area (Å²) in [6.07, 6.45) is 4.57. The average molecular weight is 503 g/mol. The number of rotatable bonds is 7. The van der Waals surface area contributed by atoms with E-state index in [4.69, 9.17) is 10.1 Å². The molecule has 0 radical (unpaired) electrons. The summed E-state index contributed by atoms with van der Waals surface area (Å²) in [5.74, 6) is 1.27. The lowest BCUT2D eigenvalue weighted by atomic mass is 9.82. The number of carbonyl (C=O) groups is 3. The molecule has 0 atom stereocenters. The van der Waals surface area contributed by atoms with Crippen LogP contribution < -0.4 is 20.9 Å². The Hall–Kier alpha value is -4.21. The summed E-state index contributed by atoms with van der Waals surface area (Å²) in [6.45, 7) is 1.79. The zero-order valence-electron chi connectivity index (χ0n) is 20.4. The summed E-state index contributed by atoms with van der Waals surface area (Å²) in [4.78, 5) is 46.7. The Morgan fingerprint density at radius 1 is 1.03 bits per heavy atom. The van der Waals surface area contributed by atoms with Gasteiger partial charge in [0.05, 0.1) is 23.4 Å². The quantitative estimate of drug-likeness (QED) is 0.390. The third-order valence-corrected chi connectivity index (χ3v) is 7.19. The van der Waals surface area contributed by atoms with E-state index in [-0.39, 0.29) is 18.4 Å². The monoisotopic (exact) mass is 502 g/mol. The van der Waals surface area contributed by atoms with Gasteiger partial charge in [-0.15, -0.1) is 0 Å². The molecule has 0 bridgehead atoms. The van der Waals surface area contributed by atoms with Gasteiger partial charge < -0.3 is 26.0 Å². The first-order chi connectivity index (χ1) is 18.0. The van der Waals surface area contributed by atoms with Gasteiger partial charge in [0.25, 0.3) is 5.91 Å². The van der Waals surface area contributed by atoms with E-state index in [9.17, 15) is 14.4 Å². The number of pyridine rings is 2. The summed E-state index contributed by atoms with van der Waals surface area (Å²) in [7, 11) is 0. The van der Waals surface area contributed by atoms with E-state index < -0.39 is 6.09 Å². The molecule has 2 aromatic heterocycles. The highest BCUT2D eigenvalue weighted by Crippen LogP contribution is 2.29. The van der Waals surface area contributed by atoms with Crippen molar-refractivity contribution in [2.45, 2.75) is 25.7 Å². The van der Waals surface area contributed by atoms with Crippen LogP contribution in [0.4, 0.5) is 10.6 Å². The third-order valence-electron chi connectivity index (χ3n) is 7.19. The highest BCUT2D eigenvalue weighted by Gasteiger charge is 2.23. The molecule has 1 saturated carbocycles. The predicted molar refractivity (Wildman–Crippen MR) is 139 cm³/mol. The molecule has 5 rings (SSSR count). The summed E-state index contributed by atoms with van der Waals surface area (Å²) >= 11 is 0. The van der Waals surface area contributed by atoms with Crippen molar-refractivity contribution in [3.63, 3.8) is 0 Å². The van der Waals surface area contributed by atoms with Crippen molar-refractivity contribution in [2.24, 2.45) is 11.8 Å². The molecule has 4 N–H and O–H groups in total. The van der Waals surface area contributed by atoms with Crippen LogP contribution in [0, 0.1) is 11.8 Å². The number of hydrogen-bond donors (Lipinski definition) is 4. The molecule has 2 aliphatic rings. The van der Waals surface area contributed by atoms with Gasteiger partial charge in [-0.25, -0.2) is 14.8 Å². The minimum absolute atomic E-state index is 0.0269. The Labute approximate surface area is 214 Å². The second-order valence-corrected chi connectivity index (χ2v) is 9.72. The molecule has 37 heavy (non-hydrogen) atoms. The van der Waals surface area contributed by atoms with Crippen LogP contribution in [-0.4, -0.2) is 59.3 Å². The fraction of sp³-hybridized carbons (Fsp3) is 0.370. The number of hydrogen-bond acceptors (Lipinski definition) is 6. The molecule has 0 unspecified atom stereocenters. The number of nitrogens with zero attached hydrogens (tertiary/aromatic N) is 3.